The Kier molecular flexibility index (Phi) is 4.47. The van der Waals surface area contributed by atoms with Gasteiger partial charge in [0.15, 0.2) is 0 Å². The van der Waals surface area contributed by atoms with Crippen LogP contribution < -0.4 is 5.32 Å². The molecule has 104 valence electrons. The first-order chi connectivity index (χ1) is 9.56. The molecule has 1 amide bonds. The maximum absolute atomic E-state index is 12.8. The number of carbonyl (C=O) groups excluding carboxylic acids is 1. The summed E-state index contributed by atoms with van der Waals surface area (Å²) in [6.07, 6.45) is -0.109. The number of hydrogen-bond acceptors (Lipinski definition) is 3. The minimum Gasteiger partial charge on any atom is -0.481 e. The summed E-state index contributed by atoms with van der Waals surface area (Å²) in [4.78, 5) is 23.5. The van der Waals surface area contributed by atoms with Gasteiger partial charge in [0.2, 0.25) is 0 Å². The number of aliphatic carboxylic acids is 1. The van der Waals surface area contributed by atoms with Gasteiger partial charge in [-0.05, 0) is 29.8 Å². The Bertz CT molecular complexity index is 622. The van der Waals surface area contributed by atoms with Crippen LogP contribution in [0.15, 0.2) is 36.4 Å². The van der Waals surface area contributed by atoms with E-state index in [1.807, 2.05) is 0 Å². The zero-order chi connectivity index (χ0) is 14.5. The van der Waals surface area contributed by atoms with Gasteiger partial charge in [-0.2, -0.15) is 0 Å². The second-order valence-electron chi connectivity index (χ2n) is 4.07. The van der Waals surface area contributed by atoms with E-state index in [4.69, 9.17) is 5.11 Å². The first-order valence-corrected chi connectivity index (χ1v) is 6.73. The minimum atomic E-state index is -0.955. The summed E-state index contributed by atoms with van der Waals surface area (Å²) >= 11 is 1.28. The van der Waals surface area contributed by atoms with Crippen molar-refractivity contribution < 1.29 is 19.1 Å². The number of hydrogen-bond donors (Lipinski definition) is 2. The molecule has 0 saturated carbocycles. The molecule has 0 fully saturated rings. The third-order valence-corrected chi connectivity index (χ3v) is 3.72. The molecule has 1 aromatic carbocycles. The highest BCUT2D eigenvalue weighted by molar-refractivity contribution is 7.17. The first-order valence-electron chi connectivity index (χ1n) is 5.92. The molecule has 0 unspecified atom stereocenters. The number of benzene rings is 1. The Labute approximate surface area is 118 Å². The topological polar surface area (TPSA) is 66.4 Å². The average molecular weight is 293 g/mol. The second-order valence-corrected chi connectivity index (χ2v) is 5.15. The molecule has 0 saturated heterocycles. The smallest absolute Gasteiger partial charge is 0.305 e. The molecule has 6 heteroatoms. The van der Waals surface area contributed by atoms with Gasteiger partial charge in [0.05, 0.1) is 11.3 Å². The number of carbonyl (C=O) groups is 2. The van der Waals surface area contributed by atoms with E-state index in [9.17, 15) is 14.0 Å². The van der Waals surface area contributed by atoms with E-state index in [1.54, 1.807) is 24.3 Å². The van der Waals surface area contributed by atoms with Crippen molar-refractivity contribution in [2.24, 2.45) is 0 Å². The summed E-state index contributed by atoms with van der Waals surface area (Å²) in [6, 6.07) is 9.47. The quantitative estimate of drug-likeness (QED) is 0.890. The number of halogens is 1. The van der Waals surface area contributed by atoms with Gasteiger partial charge in [0.25, 0.3) is 5.91 Å². The number of rotatable bonds is 5. The predicted molar refractivity (Wildman–Crippen MR) is 74.3 cm³/mol. The lowest BCUT2D eigenvalue weighted by Gasteiger charge is -2.00. The fourth-order valence-electron chi connectivity index (χ4n) is 1.60. The maximum atomic E-state index is 12.8. The van der Waals surface area contributed by atoms with Gasteiger partial charge in [-0.1, -0.05) is 12.1 Å². The molecule has 0 aliphatic rings. The number of nitrogens with one attached hydrogen (secondary N) is 1. The molecule has 1 aromatic heterocycles. The van der Waals surface area contributed by atoms with Crippen molar-refractivity contribution in [2.45, 2.75) is 6.42 Å². The van der Waals surface area contributed by atoms with E-state index >= 15 is 0 Å². The lowest BCUT2D eigenvalue weighted by atomic mass is 10.2. The predicted octanol–water partition coefficient (Wildman–Crippen LogP) is 2.76. The second kappa shape index (κ2) is 6.29. The summed E-state index contributed by atoms with van der Waals surface area (Å²) in [7, 11) is 0. The highest BCUT2D eigenvalue weighted by Gasteiger charge is 2.10. The fourth-order valence-corrected chi connectivity index (χ4v) is 2.53. The van der Waals surface area contributed by atoms with Crippen LogP contribution in [0.5, 0.6) is 0 Å². The normalized spacial score (nSPS) is 10.2. The van der Waals surface area contributed by atoms with Crippen molar-refractivity contribution in [1.29, 1.82) is 0 Å². The molecule has 0 aliphatic heterocycles. The number of thiophene rings is 1. The van der Waals surface area contributed by atoms with E-state index in [2.05, 4.69) is 5.32 Å². The van der Waals surface area contributed by atoms with E-state index < -0.39 is 5.97 Å². The molecule has 20 heavy (non-hydrogen) atoms. The van der Waals surface area contributed by atoms with Crippen LogP contribution in [0.3, 0.4) is 0 Å². The molecule has 4 nitrogen and oxygen atoms in total. The van der Waals surface area contributed by atoms with Crippen molar-refractivity contribution in [2.75, 3.05) is 6.54 Å². The number of carboxylic acid groups (broad SMARTS) is 1. The van der Waals surface area contributed by atoms with Crippen molar-refractivity contribution in [3.8, 4) is 10.4 Å². The summed E-state index contributed by atoms with van der Waals surface area (Å²) in [5.74, 6) is -1.56. The third kappa shape index (κ3) is 3.64. The molecule has 1 heterocycles. The first kappa shape index (κ1) is 14.2. The van der Waals surface area contributed by atoms with Gasteiger partial charge in [-0.3, -0.25) is 9.59 Å². The molecular formula is C14H12FNO3S. The van der Waals surface area contributed by atoms with Crippen molar-refractivity contribution >= 4 is 23.2 Å². The van der Waals surface area contributed by atoms with Gasteiger partial charge in [0.1, 0.15) is 5.82 Å². The zero-order valence-corrected chi connectivity index (χ0v) is 11.2. The van der Waals surface area contributed by atoms with Crippen LogP contribution in [0.25, 0.3) is 10.4 Å². The fraction of sp³-hybridized carbons (Fsp3) is 0.143. The average Bonchev–Trinajstić information content (AvgIpc) is 2.88. The van der Waals surface area contributed by atoms with Crippen molar-refractivity contribution in [3.05, 3.63) is 47.1 Å². The van der Waals surface area contributed by atoms with Gasteiger partial charge in [0, 0.05) is 11.4 Å². The summed E-state index contributed by atoms with van der Waals surface area (Å²) in [5, 5.41) is 11.0. The molecule has 0 spiro atoms. The Hall–Kier alpha value is -2.21. The summed E-state index contributed by atoms with van der Waals surface area (Å²) in [6.45, 7) is 0.0952. The van der Waals surface area contributed by atoms with Gasteiger partial charge in [-0.25, -0.2) is 4.39 Å². The number of amides is 1. The van der Waals surface area contributed by atoms with E-state index in [0.29, 0.717) is 4.88 Å². The Morgan fingerprint density at radius 2 is 1.85 bits per heavy atom. The van der Waals surface area contributed by atoms with E-state index in [1.165, 1.54) is 23.5 Å². The molecule has 2 rings (SSSR count). The van der Waals surface area contributed by atoms with Crippen LogP contribution >= 0.6 is 11.3 Å². The molecule has 0 radical (unpaired) electrons. The number of carboxylic acids is 1. The van der Waals surface area contributed by atoms with Crippen LogP contribution in [-0.4, -0.2) is 23.5 Å². The highest BCUT2D eigenvalue weighted by atomic mass is 32.1. The van der Waals surface area contributed by atoms with Crippen molar-refractivity contribution in [1.82, 2.24) is 5.32 Å². The van der Waals surface area contributed by atoms with Crippen LogP contribution in [0, 0.1) is 5.82 Å². The molecule has 0 atom stereocenters. The Balaban J connectivity index is 2.03. The molecule has 0 bridgehead atoms. The maximum Gasteiger partial charge on any atom is 0.305 e. The van der Waals surface area contributed by atoms with Crippen LogP contribution in [-0.2, 0) is 4.79 Å². The van der Waals surface area contributed by atoms with Gasteiger partial charge < -0.3 is 10.4 Å². The van der Waals surface area contributed by atoms with Gasteiger partial charge in [-0.15, -0.1) is 11.3 Å². The Morgan fingerprint density at radius 1 is 1.15 bits per heavy atom. The largest absolute Gasteiger partial charge is 0.481 e. The van der Waals surface area contributed by atoms with Crippen LogP contribution in [0.4, 0.5) is 4.39 Å². The zero-order valence-electron chi connectivity index (χ0n) is 10.4. The van der Waals surface area contributed by atoms with Crippen molar-refractivity contribution in [3.63, 3.8) is 0 Å². The minimum absolute atomic E-state index is 0.0952. The summed E-state index contributed by atoms with van der Waals surface area (Å²) < 4.78 is 12.8. The lowest BCUT2D eigenvalue weighted by Crippen LogP contribution is -2.25. The standard InChI is InChI=1S/C14H12FNO3S/c15-10-3-1-9(2-4-10)11-5-6-12(20-11)14(19)16-8-7-13(17)18/h1-6H,7-8H2,(H,16,19)(H,17,18). The molecule has 0 aliphatic carbocycles. The molecular weight excluding hydrogens is 281 g/mol. The lowest BCUT2D eigenvalue weighted by molar-refractivity contribution is -0.136. The SMILES string of the molecule is O=C(O)CCNC(=O)c1ccc(-c2ccc(F)cc2)s1. The Morgan fingerprint density at radius 3 is 2.50 bits per heavy atom. The summed E-state index contributed by atoms with van der Waals surface area (Å²) in [5.41, 5.74) is 0.834. The monoisotopic (exact) mass is 293 g/mol. The third-order valence-electron chi connectivity index (χ3n) is 2.58. The van der Waals surface area contributed by atoms with E-state index in [-0.39, 0.29) is 24.7 Å². The molecule has 2 N–H and O–H groups in total. The van der Waals surface area contributed by atoms with Gasteiger partial charge >= 0.3 is 5.97 Å². The van der Waals surface area contributed by atoms with Crippen LogP contribution in [0.1, 0.15) is 16.1 Å². The highest BCUT2D eigenvalue weighted by Crippen LogP contribution is 2.28. The van der Waals surface area contributed by atoms with Crippen LogP contribution in [0.2, 0.25) is 0 Å². The molecule has 2 aromatic rings. The van der Waals surface area contributed by atoms with E-state index in [0.717, 1.165) is 10.4 Å².